The first kappa shape index (κ1) is 18.9. The summed E-state index contributed by atoms with van der Waals surface area (Å²) in [5, 5.41) is 3.72. The first-order valence-electron chi connectivity index (χ1n) is 7.72. The average Bonchev–Trinajstić information content (AvgIpc) is 2.89. The van der Waals surface area contributed by atoms with Gasteiger partial charge in [-0.05, 0) is 31.9 Å². The lowest BCUT2D eigenvalue weighted by atomic mass is 10.1. The Hall–Kier alpha value is -1.47. The molecule has 1 N–H and O–H groups in total. The van der Waals surface area contributed by atoms with Crippen molar-refractivity contribution in [2.75, 3.05) is 31.0 Å². The van der Waals surface area contributed by atoms with Crippen LogP contribution in [0.3, 0.4) is 0 Å². The molecule has 0 aromatic heterocycles. The third-order valence-electron chi connectivity index (χ3n) is 4.33. The van der Waals surface area contributed by atoms with E-state index in [4.69, 9.17) is 16.3 Å². The molecule has 1 heterocycles. The Balaban J connectivity index is 2.10. The Morgan fingerprint density at radius 3 is 2.67 bits per heavy atom. The van der Waals surface area contributed by atoms with Crippen molar-refractivity contribution in [3.05, 3.63) is 22.7 Å². The monoisotopic (exact) mass is 374 g/mol. The minimum Gasteiger partial charge on any atom is -0.495 e. The van der Waals surface area contributed by atoms with E-state index in [1.54, 1.807) is 20.0 Å². The summed E-state index contributed by atoms with van der Waals surface area (Å²) in [4.78, 5) is 14.1. The van der Waals surface area contributed by atoms with Crippen LogP contribution >= 0.6 is 11.6 Å². The van der Waals surface area contributed by atoms with Gasteiger partial charge in [-0.3, -0.25) is 4.79 Å². The molecule has 1 amide bonds. The number of amides is 1. The van der Waals surface area contributed by atoms with Gasteiger partial charge >= 0.3 is 0 Å². The number of likely N-dealkylation sites (N-methyl/N-ethyl adjacent to an activating group) is 1. The van der Waals surface area contributed by atoms with Crippen LogP contribution < -0.4 is 10.1 Å². The number of carbonyl (C=O) groups excluding carboxylic acids is 1. The Bertz CT molecular complexity index is 736. The van der Waals surface area contributed by atoms with E-state index in [0.717, 1.165) is 5.56 Å². The summed E-state index contributed by atoms with van der Waals surface area (Å²) in [7, 11) is 0.156. The number of rotatable bonds is 5. The van der Waals surface area contributed by atoms with Crippen molar-refractivity contribution >= 4 is 33.0 Å². The fraction of sp³-hybridized carbons (Fsp3) is 0.562. The standard InChI is InChI=1S/C16H23ClN2O4S/c1-10-7-14(15(23-4)8-13(10)17)18-11(2)16(20)19(3)12-5-6-24(21,22)9-12/h7-8,11-12,18H,5-6,9H2,1-4H3. The van der Waals surface area contributed by atoms with Crippen LogP contribution in [0.5, 0.6) is 5.75 Å². The molecule has 1 aliphatic heterocycles. The number of nitrogens with zero attached hydrogens (tertiary/aromatic N) is 1. The van der Waals surface area contributed by atoms with Gasteiger partial charge in [-0.2, -0.15) is 0 Å². The van der Waals surface area contributed by atoms with Crippen LogP contribution in [0.25, 0.3) is 0 Å². The van der Waals surface area contributed by atoms with Crippen LogP contribution in [0.15, 0.2) is 12.1 Å². The summed E-state index contributed by atoms with van der Waals surface area (Å²) >= 11 is 6.09. The van der Waals surface area contributed by atoms with Crippen molar-refractivity contribution in [1.82, 2.24) is 4.90 Å². The molecule has 0 aliphatic carbocycles. The van der Waals surface area contributed by atoms with E-state index in [0.29, 0.717) is 22.9 Å². The van der Waals surface area contributed by atoms with Gasteiger partial charge in [-0.15, -0.1) is 0 Å². The third-order valence-corrected chi connectivity index (χ3v) is 6.48. The van der Waals surface area contributed by atoms with Crippen LogP contribution in [0.2, 0.25) is 5.02 Å². The SMILES string of the molecule is COc1cc(Cl)c(C)cc1NC(C)C(=O)N(C)C1CCS(=O)(=O)C1. The van der Waals surface area contributed by atoms with Crippen LogP contribution in [0.1, 0.15) is 18.9 Å². The largest absolute Gasteiger partial charge is 0.495 e. The first-order chi connectivity index (χ1) is 11.1. The molecule has 1 fully saturated rings. The van der Waals surface area contributed by atoms with Crippen molar-refractivity contribution in [2.45, 2.75) is 32.4 Å². The van der Waals surface area contributed by atoms with Crippen LogP contribution in [-0.4, -0.2) is 57.0 Å². The average molecular weight is 375 g/mol. The predicted octanol–water partition coefficient (Wildman–Crippen LogP) is 2.10. The van der Waals surface area contributed by atoms with Crippen LogP contribution in [-0.2, 0) is 14.6 Å². The summed E-state index contributed by atoms with van der Waals surface area (Å²) in [6.07, 6.45) is 0.487. The van der Waals surface area contributed by atoms with Gasteiger partial charge in [-0.25, -0.2) is 8.42 Å². The second-order valence-corrected chi connectivity index (χ2v) is 8.81. The zero-order valence-corrected chi connectivity index (χ0v) is 15.9. The lowest BCUT2D eigenvalue weighted by Gasteiger charge is -2.27. The number of sulfone groups is 1. The molecule has 1 aromatic rings. The van der Waals surface area contributed by atoms with Crippen molar-refractivity contribution in [1.29, 1.82) is 0 Å². The minimum atomic E-state index is -3.03. The molecule has 2 atom stereocenters. The number of aryl methyl sites for hydroxylation is 1. The zero-order valence-electron chi connectivity index (χ0n) is 14.3. The molecule has 1 saturated heterocycles. The van der Waals surface area contributed by atoms with Gasteiger partial charge in [0.1, 0.15) is 11.8 Å². The highest BCUT2D eigenvalue weighted by molar-refractivity contribution is 7.91. The molecule has 2 rings (SSSR count). The van der Waals surface area contributed by atoms with Crippen LogP contribution in [0, 0.1) is 6.92 Å². The van der Waals surface area contributed by atoms with E-state index < -0.39 is 15.9 Å². The highest BCUT2D eigenvalue weighted by atomic mass is 35.5. The van der Waals surface area contributed by atoms with Crippen molar-refractivity contribution < 1.29 is 17.9 Å². The molecule has 6 nitrogen and oxygen atoms in total. The van der Waals surface area contributed by atoms with Gasteiger partial charge in [-0.1, -0.05) is 11.6 Å². The van der Waals surface area contributed by atoms with Crippen molar-refractivity contribution in [3.63, 3.8) is 0 Å². The Labute approximate surface area is 148 Å². The quantitative estimate of drug-likeness (QED) is 0.854. The maximum absolute atomic E-state index is 12.6. The fourth-order valence-corrected chi connectivity index (χ4v) is 4.73. The number of hydrogen-bond donors (Lipinski definition) is 1. The smallest absolute Gasteiger partial charge is 0.244 e. The highest BCUT2D eigenvalue weighted by Gasteiger charge is 2.34. The van der Waals surface area contributed by atoms with Crippen molar-refractivity contribution in [2.24, 2.45) is 0 Å². The number of anilines is 1. The number of benzene rings is 1. The molecule has 8 heteroatoms. The van der Waals surface area contributed by atoms with E-state index in [-0.39, 0.29) is 23.5 Å². The summed E-state index contributed by atoms with van der Waals surface area (Å²) in [5.41, 5.74) is 1.54. The predicted molar refractivity (Wildman–Crippen MR) is 95.7 cm³/mol. The maximum atomic E-state index is 12.6. The molecule has 0 saturated carbocycles. The topological polar surface area (TPSA) is 75.7 Å². The van der Waals surface area contributed by atoms with E-state index in [9.17, 15) is 13.2 Å². The number of ether oxygens (including phenoxy) is 1. The number of carbonyl (C=O) groups is 1. The molecule has 1 aromatic carbocycles. The fourth-order valence-electron chi connectivity index (χ4n) is 2.81. The zero-order chi connectivity index (χ0) is 18.1. The molecule has 0 spiro atoms. The molecule has 2 unspecified atom stereocenters. The molecule has 0 bridgehead atoms. The van der Waals surface area contributed by atoms with Gasteiger partial charge < -0.3 is 15.0 Å². The summed E-state index contributed by atoms with van der Waals surface area (Å²) in [6.45, 7) is 3.61. The normalized spacial score (nSPS) is 20.5. The molecule has 134 valence electrons. The molecule has 0 radical (unpaired) electrons. The van der Waals surface area contributed by atoms with E-state index in [1.165, 1.54) is 12.0 Å². The number of nitrogens with one attached hydrogen (secondary N) is 1. The second kappa shape index (κ2) is 7.19. The second-order valence-electron chi connectivity index (χ2n) is 6.17. The Kier molecular flexibility index (Phi) is 5.65. The third kappa shape index (κ3) is 4.13. The van der Waals surface area contributed by atoms with Crippen LogP contribution in [0.4, 0.5) is 5.69 Å². The first-order valence-corrected chi connectivity index (χ1v) is 9.92. The Morgan fingerprint density at radius 2 is 2.12 bits per heavy atom. The molecular formula is C16H23ClN2O4S. The number of halogens is 1. The van der Waals surface area contributed by atoms with Gasteiger partial charge in [0.25, 0.3) is 0 Å². The van der Waals surface area contributed by atoms with Gasteiger partial charge in [0.2, 0.25) is 5.91 Å². The van der Waals surface area contributed by atoms with Gasteiger partial charge in [0.05, 0.1) is 24.3 Å². The summed E-state index contributed by atoms with van der Waals surface area (Å²) in [6, 6.07) is 2.74. The summed E-state index contributed by atoms with van der Waals surface area (Å²) < 4.78 is 28.5. The van der Waals surface area contributed by atoms with Gasteiger partial charge in [0, 0.05) is 24.2 Å². The Morgan fingerprint density at radius 1 is 1.46 bits per heavy atom. The van der Waals surface area contributed by atoms with E-state index >= 15 is 0 Å². The van der Waals surface area contributed by atoms with Gasteiger partial charge in [0.15, 0.2) is 9.84 Å². The van der Waals surface area contributed by atoms with E-state index in [1.807, 2.05) is 13.0 Å². The molecular weight excluding hydrogens is 352 g/mol. The lowest BCUT2D eigenvalue weighted by Crippen LogP contribution is -2.45. The highest BCUT2D eigenvalue weighted by Crippen LogP contribution is 2.31. The number of methoxy groups -OCH3 is 1. The molecule has 1 aliphatic rings. The van der Waals surface area contributed by atoms with Crippen molar-refractivity contribution in [3.8, 4) is 5.75 Å². The number of hydrogen-bond acceptors (Lipinski definition) is 5. The minimum absolute atomic E-state index is 0.0331. The lowest BCUT2D eigenvalue weighted by molar-refractivity contribution is -0.132. The van der Waals surface area contributed by atoms with E-state index in [2.05, 4.69) is 5.32 Å². The maximum Gasteiger partial charge on any atom is 0.244 e. The molecule has 24 heavy (non-hydrogen) atoms. The summed E-state index contributed by atoms with van der Waals surface area (Å²) in [5.74, 6) is 0.565.